The van der Waals surface area contributed by atoms with Crippen molar-refractivity contribution in [3.8, 4) is 12.3 Å². The molecule has 5 heteroatoms. The fraction of sp³-hybridized carbons (Fsp3) is 0.636. The van der Waals surface area contributed by atoms with Crippen molar-refractivity contribution in [1.29, 1.82) is 0 Å². The standard InChI is InChI=1S/C11H18N2O3/c1-4-5-7-12-11(16)13(9(2)3)8-6-10(14)15/h1,9H,5-8H2,2-3H3,(H,12,16)(H,14,15). The van der Waals surface area contributed by atoms with E-state index in [-0.39, 0.29) is 25.0 Å². The number of amides is 2. The number of nitrogens with zero attached hydrogens (tertiary/aromatic N) is 1. The fourth-order valence-electron chi connectivity index (χ4n) is 1.15. The summed E-state index contributed by atoms with van der Waals surface area (Å²) < 4.78 is 0. The van der Waals surface area contributed by atoms with Gasteiger partial charge in [-0.05, 0) is 13.8 Å². The van der Waals surface area contributed by atoms with Gasteiger partial charge in [0, 0.05) is 25.6 Å². The van der Waals surface area contributed by atoms with Crippen LogP contribution in [0.3, 0.4) is 0 Å². The number of terminal acetylenes is 1. The van der Waals surface area contributed by atoms with Crippen molar-refractivity contribution in [3.63, 3.8) is 0 Å². The number of hydrogen-bond donors (Lipinski definition) is 2. The molecular formula is C11H18N2O3. The SMILES string of the molecule is C#CCCNC(=O)N(CCC(=O)O)C(C)C. The summed E-state index contributed by atoms with van der Waals surface area (Å²) in [6, 6.07) is -0.309. The van der Waals surface area contributed by atoms with E-state index in [1.807, 2.05) is 13.8 Å². The Hall–Kier alpha value is -1.70. The molecule has 0 fully saturated rings. The minimum atomic E-state index is -0.915. The van der Waals surface area contributed by atoms with Gasteiger partial charge < -0.3 is 15.3 Å². The van der Waals surface area contributed by atoms with Gasteiger partial charge in [0.1, 0.15) is 0 Å². The lowest BCUT2D eigenvalue weighted by atomic mass is 10.3. The maximum absolute atomic E-state index is 11.6. The highest BCUT2D eigenvalue weighted by Crippen LogP contribution is 2.00. The number of urea groups is 1. The second kappa shape index (κ2) is 7.57. The number of rotatable bonds is 6. The van der Waals surface area contributed by atoms with Crippen molar-refractivity contribution < 1.29 is 14.7 Å². The fourth-order valence-corrected chi connectivity index (χ4v) is 1.15. The van der Waals surface area contributed by atoms with Crippen LogP contribution >= 0.6 is 0 Å². The maximum atomic E-state index is 11.6. The van der Waals surface area contributed by atoms with Crippen LogP contribution < -0.4 is 5.32 Å². The highest BCUT2D eigenvalue weighted by Gasteiger charge is 2.16. The molecule has 0 bridgehead atoms. The second-order valence-corrected chi connectivity index (χ2v) is 3.62. The van der Waals surface area contributed by atoms with Crippen LogP contribution in [0, 0.1) is 12.3 Å². The third-order valence-electron chi connectivity index (χ3n) is 2.00. The molecule has 0 spiro atoms. The van der Waals surface area contributed by atoms with E-state index >= 15 is 0 Å². The molecule has 0 atom stereocenters. The predicted octanol–water partition coefficient (Wildman–Crippen LogP) is 0.904. The number of hydrogen-bond acceptors (Lipinski definition) is 2. The second-order valence-electron chi connectivity index (χ2n) is 3.62. The van der Waals surface area contributed by atoms with Crippen molar-refractivity contribution in [2.75, 3.05) is 13.1 Å². The lowest BCUT2D eigenvalue weighted by Crippen LogP contribution is -2.45. The number of aliphatic carboxylic acids is 1. The molecule has 0 unspecified atom stereocenters. The van der Waals surface area contributed by atoms with Crippen molar-refractivity contribution in [2.45, 2.75) is 32.7 Å². The zero-order valence-electron chi connectivity index (χ0n) is 9.69. The number of carboxylic acids is 1. The summed E-state index contributed by atoms with van der Waals surface area (Å²) in [5.74, 6) is 1.50. The van der Waals surface area contributed by atoms with Gasteiger partial charge in [0.05, 0.1) is 6.42 Å². The molecule has 0 saturated carbocycles. The first-order valence-corrected chi connectivity index (χ1v) is 5.18. The Morgan fingerprint density at radius 3 is 2.56 bits per heavy atom. The van der Waals surface area contributed by atoms with E-state index in [1.165, 1.54) is 4.90 Å². The van der Waals surface area contributed by atoms with Crippen molar-refractivity contribution in [1.82, 2.24) is 10.2 Å². The van der Waals surface area contributed by atoms with E-state index in [0.29, 0.717) is 13.0 Å². The van der Waals surface area contributed by atoms with E-state index in [9.17, 15) is 9.59 Å². The van der Waals surface area contributed by atoms with Gasteiger partial charge in [-0.15, -0.1) is 12.3 Å². The molecule has 0 aromatic carbocycles. The molecule has 0 rings (SSSR count). The Bertz CT molecular complexity index is 281. The van der Waals surface area contributed by atoms with E-state index in [2.05, 4.69) is 11.2 Å². The van der Waals surface area contributed by atoms with Crippen LogP contribution in [-0.4, -0.2) is 41.1 Å². The highest BCUT2D eigenvalue weighted by molar-refractivity contribution is 5.75. The van der Waals surface area contributed by atoms with Crippen LogP contribution in [0.2, 0.25) is 0 Å². The molecule has 5 nitrogen and oxygen atoms in total. The monoisotopic (exact) mass is 226 g/mol. The lowest BCUT2D eigenvalue weighted by molar-refractivity contribution is -0.137. The van der Waals surface area contributed by atoms with E-state index in [4.69, 9.17) is 11.5 Å². The minimum Gasteiger partial charge on any atom is -0.481 e. The Morgan fingerprint density at radius 2 is 2.12 bits per heavy atom. The van der Waals surface area contributed by atoms with Gasteiger partial charge in [0.15, 0.2) is 0 Å². The molecule has 0 aliphatic heterocycles. The largest absolute Gasteiger partial charge is 0.481 e. The van der Waals surface area contributed by atoms with E-state index in [1.54, 1.807) is 0 Å². The van der Waals surface area contributed by atoms with Gasteiger partial charge in [0.25, 0.3) is 0 Å². The molecule has 0 radical (unpaired) electrons. The topological polar surface area (TPSA) is 69.6 Å². The van der Waals surface area contributed by atoms with Gasteiger partial charge in [-0.3, -0.25) is 4.79 Å². The quantitative estimate of drug-likeness (QED) is 0.522. The van der Waals surface area contributed by atoms with Gasteiger partial charge in [-0.2, -0.15) is 0 Å². The van der Waals surface area contributed by atoms with E-state index < -0.39 is 5.97 Å². The summed E-state index contributed by atoms with van der Waals surface area (Å²) in [6.45, 7) is 4.28. The molecule has 0 heterocycles. The summed E-state index contributed by atoms with van der Waals surface area (Å²) in [5, 5.41) is 11.2. The normalized spacial score (nSPS) is 9.62. The van der Waals surface area contributed by atoms with Gasteiger partial charge >= 0.3 is 12.0 Å². The number of carbonyl (C=O) groups excluding carboxylic acids is 1. The summed E-state index contributed by atoms with van der Waals surface area (Å²) in [6.07, 6.45) is 5.47. The number of nitrogens with one attached hydrogen (secondary N) is 1. The lowest BCUT2D eigenvalue weighted by Gasteiger charge is -2.26. The first-order chi connectivity index (χ1) is 7.49. The van der Waals surface area contributed by atoms with E-state index in [0.717, 1.165) is 0 Å². The summed E-state index contributed by atoms with van der Waals surface area (Å²) in [5.41, 5.74) is 0. The summed E-state index contributed by atoms with van der Waals surface area (Å²) >= 11 is 0. The highest BCUT2D eigenvalue weighted by atomic mass is 16.4. The van der Waals surface area contributed by atoms with Crippen LogP contribution in [0.25, 0.3) is 0 Å². The zero-order valence-corrected chi connectivity index (χ0v) is 9.69. The van der Waals surface area contributed by atoms with Crippen LogP contribution in [0.5, 0.6) is 0 Å². The Labute approximate surface area is 95.8 Å². The third-order valence-corrected chi connectivity index (χ3v) is 2.00. The molecule has 90 valence electrons. The smallest absolute Gasteiger partial charge is 0.317 e. The van der Waals surface area contributed by atoms with Crippen LogP contribution in [0.15, 0.2) is 0 Å². The average Bonchev–Trinajstić information content (AvgIpc) is 2.17. The maximum Gasteiger partial charge on any atom is 0.317 e. The molecular weight excluding hydrogens is 208 g/mol. The van der Waals surface area contributed by atoms with Crippen molar-refractivity contribution >= 4 is 12.0 Å². The van der Waals surface area contributed by atoms with Crippen LogP contribution in [-0.2, 0) is 4.79 Å². The summed E-state index contributed by atoms with van der Waals surface area (Å²) in [7, 11) is 0. The summed E-state index contributed by atoms with van der Waals surface area (Å²) in [4.78, 5) is 23.5. The molecule has 0 saturated heterocycles. The minimum absolute atomic E-state index is 0.0369. The molecule has 16 heavy (non-hydrogen) atoms. The molecule has 0 aliphatic carbocycles. The van der Waals surface area contributed by atoms with Crippen LogP contribution in [0.1, 0.15) is 26.7 Å². The molecule has 2 amide bonds. The first kappa shape index (κ1) is 14.3. The van der Waals surface area contributed by atoms with Crippen molar-refractivity contribution in [3.05, 3.63) is 0 Å². The Kier molecular flexibility index (Phi) is 6.77. The number of carbonyl (C=O) groups is 2. The van der Waals surface area contributed by atoms with Gasteiger partial charge in [0.2, 0.25) is 0 Å². The third kappa shape index (κ3) is 5.91. The first-order valence-electron chi connectivity index (χ1n) is 5.18. The molecule has 0 aromatic heterocycles. The molecule has 0 aliphatic rings. The molecule has 0 aromatic rings. The Morgan fingerprint density at radius 1 is 1.50 bits per heavy atom. The predicted molar refractivity (Wildman–Crippen MR) is 60.9 cm³/mol. The number of carboxylic acid groups (broad SMARTS) is 1. The zero-order chi connectivity index (χ0) is 12.6. The Balaban J connectivity index is 4.14. The van der Waals surface area contributed by atoms with Gasteiger partial charge in [-0.25, -0.2) is 4.79 Å². The van der Waals surface area contributed by atoms with Crippen LogP contribution in [0.4, 0.5) is 4.79 Å². The van der Waals surface area contributed by atoms with Crippen molar-refractivity contribution in [2.24, 2.45) is 0 Å². The average molecular weight is 226 g/mol. The molecule has 2 N–H and O–H groups in total. The van der Waals surface area contributed by atoms with Gasteiger partial charge in [-0.1, -0.05) is 0 Å².